The number of Topliss-reactive ketones (excluding diaryl/α,β-unsaturated/α-hetero) is 1. The maximum absolute atomic E-state index is 16.6. The highest BCUT2D eigenvalue weighted by atomic mass is 79.9. The number of amides is 1. The van der Waals surface area contributed by atoms with Crippen molar-refractivity contribution in [3.8, 4) is 12.1 Å². The Hall–Kier alpha value is -3.03. The lowest BCUT2D eigenvalue weighted by atomic mass is 9.60. The fourth-order valence-corrected chi connectivity index (χ4v) is 4.57. The van der Waals surface area contributed by atoms with Crippen LogP contribution >= 0.6 is 15.9 Å². The van der Waals surface area contributed by atoms with Crippen molar-refractivity contribution in [3.63, 3.8) is 0 Å². The number of carbonyl (C=O) groups excluding carboxylic acids is 2. The SMILES string of the molecule is N#CC(C#N)[C@]1(C2(F)Cc3ccccc3C2=O)C(=O)Nc2cc(Br)ccc21. The van der Waals surface area contributed by atoms with E-state index >= 15 is 4.39 Å². The van der Waals surface area contributed by atoms with Crippen LogP contribution in [0, 0.1) is 28.6 Å². The number of alkyl halides is 1. The summed E-state index contributed by atoms with van der Waals surface area (Å²) in [6, 6.07) is 14.5. The molecule has 2 aromatic rings. The quantitative estimate of drug-likeness (QED) is 0.799. The van der Waals surface area contributed by atoms with E-state index < -0.39 is 28.7 Å². The lowest BCUT2D eigenvalue weighted by Gasteiger charge is -2.38. The Morgan fingerprint density at radius 1 is 1.15 bits per heavy atom. The first-order chi connectivity index (χ1) is 12.9. The fourth-order valence-electron chi connectivity index (χ4n) is 4.21. The number of ketones is 1. The number of hydrogen-bond acceptors (Lipinski definition) is 4. The molecule has 0 saturated heterocycles. The molecule has 1 unspecified atom stereocenters. The zero-order valence-corrected chi connectivity index (χ0v) is 15.4. The van der Waals surface area contributed by atoms with E-state index in [1.165, 1.54) is 12.1 Å². The minimum atomic E-state index is -2.74. The van der Waals surface area contributed by atoms with E-state index in [1.54, 1.807) is 42.5 Å². The molecule has 132 valence electrons. The van der Waals surface area contributed by atoms with E-state index in [1.807, 2.05) is 0 Å². The Bertz CT molecular complexity index is 1090. The molecule has 5 nitrogen and oxygen atoms in total. The summed E-state index contributed by atoms with van der Waals surface area (Å²) in [7, 11) is 0. The topological polar surface area (TPSA) is 93.8 Å². The van der Waals surface area contributed by atoms with Crippen LogP contribution in [0.3, 0.4) is 0 Å². The van der Waals surface area contributed by atoms with Crippen molar-refractivity contribution in [2.24, 2.45) is 5.92 Å². The molecule has 1 amide bonds. The highest BCUT2D eigenvalue weighted by Crippen LogP contribution is 2.56. The summed E-state index contributed by atoms with van der Waals surface area (Å²) < 4.78 is 17.2. The molecule has 27 heavy (non-hydrogen) atoms. The maximum atomic E-state index is 16.6. The van der Waals surface area contributed by atoms with Crippen LogP contribution in [0.5, 0.6) is 0 Å². The first-order valence-corrected chi connectivity index (χ1v) is 8.91. The maximum Gasteiger partial charge on any atom is 0.241 e. The Balaban J connectivity index is 2.05. The summed E-state index contributed by atoms with van der Waals surface area (Å²) >= 11 is 3.28. The monoisotopic (exact) mass is 423 g/mol. The van der Waals surface area contributed by atoms with Gasteiger partial charge in [-0.25, -0.2) is 4.39 Å². The molecule has 1 aliphatic heterocycles. The Kier molecular flexibility index (Phi) is 3.69. The van der Waals surface area contributed by atoms with Gasteiger partial charge in [0, 0.05) is 22.1 Å². The summed E-state index contributed by atoms with van der Waals surface area (Å²) in [4.78, 5) is 26.2. The van der Waals surface area contributed by atoms with Gasteiger partial charge in [0.05, 0.1) is 12.1 Å². The first-order valence-electron chi connectivity index (χ1n) is 8.12. The van der Waals surface area contributed by atoms with E-state index in [-0.39, 0.29) is 23.2 Å². The van der Waals surface area contributed by atoms with Crippen LogP contribution in [0.2, 0.25) is 0 Å². The molecule has 1 heterocycles. The molecular formula is C20H11BrFN3O2. The van der Waals surface area contributed by atoms with Crippen molar-refractivity contribution in [2.75, 3.05) is 5.32 Å². The van der Waals surface area contributed by atoms with Gasteiger partial charge in [0.1, 0.15) is 5.41 Å². The molecule has 0 bridgehead atoms. The number of nitriles is 2. The summed E-state index contributed by atoms with van der Waals surface area (Å²) in [5, 5.41) is 21.7. The van der Waals surface area contributed by atoms with Crippen molar-refractivity contribution in [1.29, 1.82) is 10.5 Å². The molecule has 2 aliphatic rings. The smallest absolute Gasteiger partial charge is 0.241 e. The minimum absolute atomic E-state index is 0.146. The number of hydrogen-bond donors (Lipinski definition) is 1. The van der Waals surface area contributed by atoms with Crippen molar-refractivity contribution in [3.05, 3.63) is 63.6 Å². The Morgan fingerprint density at radius 3 is 2.52 bits per heavy atom. The largest absolute Gasteiger partial charge is 0.325 e. The second-order valence-electron chi connectivity index (χ2n) is 6.61. The van der Waals surface area contributed by atoms with Crippen LogP contribution < -0.4 is 5.32 Å². The van der Waals surface area contributed by atoms with E-state index in [0.717, 1.165) is 0 Å². The van der Waals surface area contributed by atoms with Gasteiger partial charge >= 0.3 is 0 Å². The summed E-state index contributed by atoms with van der Waals surface area (Å²) in [5.74, 6) is -3.41. The van der Waals surface area contributed by atoms with E-state index in [4.69, 9.17) is 0 Å². The van der Waals surface area contributed by atoms with Crippen molar-refractivity contribution in [2.45, 2.75) is 17.5 Å². The number of halogens is 2. The van der Waals surface area contributed by atoms with Gasteiger partial charge in [-0.05, 0) is 23.3 Å². The molecule has 0 radical (unpaired) electrons. The molecule has 7 heteroatoms. The van der Waals surface area contributed by atoms with Gasteiger partial charge in [0.15, 0.2) is 11.6 Å². The predicted octanol–water partition coefficient (Wildman–Crippen LogP) is 3.45. The van der Waals surface area contributed by atoms with Gasteiger partial charge < -0.3 is 5.32 Å². The minimum Gasteiger partial charge on any atom is -0.325 e. The third-order valence-corrected chi connectivity index (χ3v) is 5.88. The molecule has 4 rings (SSSR count). The van der Waals surface area contributed by atoms with Crippen molar-refractivity contribution < 1.29 is 14.0 Å². The highest BCUT2D eigenvalue weighted by Gasteiger charge is 2.71. The lowest BCUT2D eigenvalue weighted by molar-refractivity contribution is -0.126. The number of carbonyl (C=O) groups is 2. The van der Waals surface area contributed by atoms with E-state index in [2.05, 4.69) is 21.2 Å². The van der Waals surface area contributed by atoms with Crippen LogP contribution in [-0.2, 0) is 16.6 Å². The summed E-state index contributed by atoms with van der Waals surface area (Å²) in [6.45, 7) is 0. The standard InChI is InChI=1S/C20H11BrFN3O2/c21-13-5-6-15-16(7-13)25-18(27)20(15,12(9-23)10-24)19(22)8-11-3-1-2-4-14(11)17(19)26/h1-7,12H,8H2,(H,25,27)/t19?,20-/m1/s1. The van der Waals surface area contributed by atoms with Crippen LogP contribution in [0.25, 0.3) is 0 Å². The molecule has 0 spiro atoms. The third kappa shape index (κ3) is 2.01. The molecule has 2 atom stereocenters. The van der Waals surface area contributed by atoms with Crippen LogP contribution in [0.1, 0.15) is 21.5 Å². The molecule has 0 fully saturated rings. The van der Waals surface area contributed by atoms with Gasteiger partial charge in [0.2, 0.25) is 11.7 Å². The van der Waals surface area contributed by atoms with Crippen LogP contribution in [-0.4, -0.2) is 17.4 Å². The van der Waals surface area contributed by atoms with Gasteiger partial charge in [-0.2, -0.15) is 10.5 Å². The predicted molar refractivity (Wildman–Crippen MR) is 97.5 cm³/mol. The number of benzene rings is 2. The summed E-state index contributed by atoms with van der Waals surface area (Å²) in [5.41, 5.74) is -3.93. The first kappa shape index (κ1) is 17.4. The number of fused-ring (bicyclic) bond motifs is 2. The Labute approximate surface area is 162 Å². The molecule has 0 aromatic heterocycles. The highest BCUT2D eigenvalue weighted by molar-refractivity contribution is 9.10. The molecule has 1 N–H and O–H groups in total. The average Bonchev–Trinajstić information content (AvgIpc) is 3.09. The number of nitrogens with one attached hydrogen (secondary N) is 1. The van der Waals surface area contributed by atoms with Gasteiger partial charge in [-0.3, -0.25) is 9.59 Å². The fraction of sp³-hybridized carbons (Fsp3) is 0.200. The summed E-state index contributed by atoms with van der Waals surface area (Å²) in [6.07, 6.45) is -0.370. The Morgan fingerprint density at radius 2 is 1.85 bits per heavy atom. The lowest BCUT2D eigenvalue weighted by Crippen LogP contribution is -2.60. The zero-order chi connectivity index (χ0) is 19.4. The van der Waals surface area contributed by atoms with E-state index in [0.29, 0.717) is 10.0 Å². The molecule has 0 saturated carbocycles. The second kappa shape index (κ2) is 5.73. The van der Waals surface area contributed by atoms with Crippen LogP contribution in [0.15, 0.2) is 46.9 Å². The molecular weight excluding hydrogens is 413 g/mol. The van der Waals surface area contributed by atoms with E-state index in [9.17, 15) is 20.1 Å². The number of rotatable bonds is 2. The van der Waals surface area contributed by atoms with Crippen molar-refractivity contribution >= 4 is 33.3 Å². The normalized spacial score (nSPS) is 25.5. The molecule has 1 aliphatic carbocycles. The molecule has 2 aromatic carbocycles. The van der Waals surface area contributed by atoms with Gasteiger partial charge in [-0.15, -0.1) is 0 Å². The van der Waals surface area contributed by atoms with Gasteiger partial charge in [-0.1, -0.05) is 46.3 Å². The van der Waals surface area contributed by atoms with Crippen LogP contribution in [0.4, 0.5) is 10.1 Å². The zero-order valence-electron chi connectivity index (χ0n) is 13.8. The number of nitrogens with zero attached hydrogens (tertiary/aromatic N) is 2. The van der Waals surface area contributed by atoms with Gasteiger partial charge in [0.25, 0.3) is 0 Å². The van der Waals surface area contributed by atoms with Crippen molar-refractivity contribution in [1.82, 2.24) is 0 Å². The third-order valence-electron chi connectivity index (χ3n) is 5.39. The second-order valence-corrected chi connectivity index (χ2v) is 7.52. The average molecular weight is 424 g/mol. The number of anilines is 1.